The van der Waals surface area contributed by atoms with E-state index in [1.165, 1.54) is 33.4 Å². The van der Waals surface area contributed by atoms with Gasteiger partial charge in [-0.25, -0.2) is 9.13 Å². The molecule has 0 amide bonds. The lowest BCUT2D eigenvalue weighted by atomic mass is 9.82. The number of aryl methyl sites for hydroxylation is 2. The zero-order valence-corrected chi connectivity index (χ0v) is 17.0. The summed E-state index contributed by atoms with van der Waals surface area (Å²) < 4.78 is 4.58. The fourth-order valence-electron chi connectivity index (χ4n) is 4.35. The highest BCUT2D eigenvalue weighted by Crippen LogP contribution is 2.48. The van der Waals surface area contributed by atoms with Gasteiger partial charge in [-0.05, 0) is 33.9 Å². The Labute approximate surface area is 163 Å². The second kappa shape index (κ2) is 6.92. The van der Waals surface area contributed by atoms with Gasteiger partial charge in [0.05, 0.1) is 0 Å². The van der Waals surface area contributed by atoms with Crippen molar-refractivity contribution >= 4 is 0 Å². The largest absolute Gasteiger partial charge is 0.205 e. The first-order chi connectivity index (χ1) is 13.0. The summed E-state index contributed by atoms with van der Waals surface area (Å²) in [6, 6.07) is 13.8. The van der Waals surface area contributed by atoms with Gasteiger partial charge in [0.15, 0.2) is 24.8 Å². The van der Waals surface area contributed by atoms with Crippen LogP contribution in [0.3, 0.4) is 0 Å². The maximum Gasteiger partial charge on any atom is 0.173 e. The van der Waals surface area contributed by atoms with Crippen LogP contribution in [0.15, 0.2) is 61.2 Å². The molecule has 138 valence electrons. The molecule has 0 saturated carbocycles. The van der Waals surface area contributed by atoms with E-state index in [2.05, 4.69) is 98.0 Å². The molecule has 2 heterocycles. The number of nitrogens with zero attached hydrogens (tertiary/aromatic N) is 2. The summed E-state index contributed by atoms with van der Waals surface area (Å²) in [7, 11) is 0. The van der Waals surface area contributed by atoms with Crippen molar-refractivity contribution in [3.63, 3.8) is 0 Å². The quantitative estimate of drug-likeness (QED) is 0.564. The minimum Gasteiger partial charge on any atom is -0.205 e. The van der Waals surface area contributed by atoms with Gasteiger partial charge in [-0.1, -0.05) is 39.8 Å². The number of aromatic nitrogens is 2. The van der Waals surface area contributed by atoms with Crippen LogP contribution < -0.4 is 9.13 Å². The second-order valence-electron chi connectivity index (χ2n) is 8.22. The monoisotopic (exact) mass is 358 g/mol. The first-order valence-electron chi connectivity index (χ1n) is 10.2. The van der Waals surface area contributed by atoms with E-state index in [9.17, 15) is 0 Å². The number of fused-ring (bicyclic) bond motifs is 3. The molecule has 3 aromatic rings. The van der Waals surface area contributed by atoms with Crippen molar-refractivity contribution in [2.24, 2.45) is 0 Å². The molecular formula is C25H30N2+2. The van der Waals surface area contributed by atoms with Crippen LogP contribution in [0.4, 0.5) is 0 Å². The van der Waals surface area contributed by atoms with Crippen molar-refractivity contribution in [1.82, 2.24) is 0 Å². The van der Waals surface area contributed by atoms with Gasteiger partial charge in [0, 0.05) is 42.0 Å². The van der Waals surface area contributed by atoms with Crippen LogP contribution in [0, 0.1) is 0 Å². The molecule has 0 N–H and O–H groups in total. The minimum absolute atomic E-state index is 0.0360. The zero-order valence-electron chi connectivity index (χ0n) is 17.0. The number of pyridine rings is 2. The molecule has 0 unspecified atom stereocenters. The van der Waals surface area contributed by atoms with Crippen LogP contribution in [0.5, 0.6) is 0 Å². The summed E-state index contributed by atoms with van der Waals surface area (Å²) in [5.74, 6) is 0. The first-order valence-corrected chi connectivity index (χ1v) is 10.2. The van der Waals surface area contributed by atoms with Crippen molar-refractivity contribution in [1.29, 1.82) is 0 Å². The van der Waals surface area contributed by atoms with Crippen LogP contribution in [-0.4, -0.2) is 0 Å². The van der Waals surface area contributed by atoms with Crippen molar-refractivity contribution in [2.75, 3.05) is 0 Å². The molecule has 2 nitrogen and oxygen atoms in total. The van der Waals surface area contributed by atoms with Gasteiger partial charge in [-0.15, -0.1) is 0 Å². The average molecular weight is 359 g/mol. The average Bonchev–Trinajstić information content (AvgIpc) is 2.90. The standard InChI is InChI=1S/C25H30N2/c1-5-12-26-14-9-19(10-15-26)20-7-8-21-22-11-16-27(13-6-2)18-24(22)25(3,4)23(21)17-20/h7-11,14-18H,5-6,12-13H2,1-4H3/q+2. The summed E-state index contributed by atoms with van der Waals surface area (Å²) in [5.41, 5.74) is 8.29. The lowest BCUT2D eigenvalue weighted by Crippen LogP contribution is -2.34. The lowest BCUT2D eigenvalue weighted by molar-refractivity contribution is -0.697. The number of hydrogen-bond acceptors (Lipinski definition) is 0. The third kappa shape index (κ3) is 3.07. The highest BCUT2D eigenvalue weighted by atomic mass is 14.9. The predicted octanol–water partition coefficient (Wildman–Crippen LogP) is 5.05. The van der Waals surface area contributed by atoms with Crippen LogP contribution in [-0.2, 0) is 18.5 Å². The smallest absolute Gasteiger partial charge is 0.173 e. The van der Waals surface area contributed by atoms with Crippen molar-refractivity contribution in [2.45, 2.75) is 59.0 Å². The Morgan fingerprint density at radius 3 is 2.04 bits per heavy atom. The number of hydrogen-bond donors (Lipinski definition) is 0. The number of benzene rings is 1. The SMILES string of the molecule is CCC[n+]1ccc(-c2ccc3c(c2)C(C)(C)c2c[n+](CCC)ccc2-3)cc1. The fraction of sp³-hybridized carbons (Fsp3) is 0.360. The second-order valence-corrected chi connectivity index (χ2v) is 8.22. The molecule has 2 aromatic heterocycles. The van der Waals surface area contributed by atoms with E-state index in [0.717, 1.165) is 25.9 Å². The molecule has 1 aliphatic carbocycles. The molecule has 1 aliphatic rings. The van der Waals surface area contributed by atoms with E-state index in [1.54, 1.807) is 0 Å². The van der Waals surface area contributed by atoms with Crippen molar-refractivity contribution in [3.05, 3.63) is 72.3 Å². The first kappa shape index (κ1) is 17.9. The van der Waals surface area contributed by atoms with E-state index in [4.69, 9.17) is 0 Å². The Kier molecular flexibility index (Phi) is 4.59. The molecule has 0 fully saturated rings. The molecule has 0 atom stereocenters. The highest BCUT2D eigenvalue weighted by Gasteiger charge is 2.37. The van der Waals surface area contributed by atoms with E-state index in [-0.39, 0.29) is 5.41 Å². The molecule has 1 aromatic carbocycles. The van der Waals surface area contributed by atoms with Crippen LogP contribution >= 0.6 is 0 Å². The highest BCUT2D eigenvalue weighted by molar-refractivity contribution is 5.82. The topological polar surface area (TPSA) is 7.76 Å². The number of rotatable bonds is 5. The maximum atomic E-state index is 2.40. The summed E-state index contributed by atoms with van der Waals surface area (Å²) in [6.07, 6.45) is 11.3. The molecule has 0 spiro atoms. The fourth-order valence-corrected chi connectivity index (χ4v) is 4.35. The van der Waals surface area contributed by atoms with Gasteiger partial charge >= 0.3 is 0 Å². The Balaban J connectivity index is 1.75. The van der Waals surface area contributed by atoms with Crippen LogP contribution in [0.25, 0.3) is 22.3 Å². The van der Waals surface area contributed by atoms with Crippen LogP contribution in [0.2, 0.25) is 0 Å². The molecule has 0 radical (unpaired) electrons. The van der Waals surface area contributed by atoms with Gasteiger partial charge in [-0.3, -0.25) is 0 Å². The Morgan fingerprint density at radius 2 is 1.33 bits per heavy atom. The van der Waals surface area contributed by atoms with E-state index >= 15 is 0 Å². The van der Waals surface area contributed by atoms with Gasteiger partial charge in [0.25, 0.3) is 0 Å². The molecule has 27 heavy (non-hydrogen) atoms. The predicted molar refractivity (Wildman–Crippen MR) is 110 cm³/mol. The van der Waals surface area contributed by atoms with Gasteiger partial charge in [0.1, 0.15) is 13.1 Å². The molecular weight excluding hydrogens is 328 g/mol. The van der Waals surface area contributed by atoms with Crippen molar-refractivity contribution < 1.29 is 9.13 Å². The zero-order chi connectivity index (χ0) is 19.0. The molecule has 4 rings (SSSR count). The maximum absolute atomic E-state index is 2.40. The van der Waals surface area contributed by atoms with Crippen LogP contribution in [0.1, 0.15) is 51.7 Å². The summed E-state index contributed by atoms with van der Waals surface area (Å²) in [6.45, 7) is 11.3. The third-order valence-corrected chi connectivity index (χ3v) is 5.86. The molecule has 0 bridgehead atoms. The third-order valence-electron chi connectivity index (χ3n) is 5.86. The van der Waals surface area contributed by atoms with Gasteiger partial charge < -0.3 is 0 Å². The summed E-state index contributed by atoms with van der Waals surface area (Å²) >= 11 is 0. The summed E-state index contributed by atoms with van der Waals surface area (Å²) in [5, 5.41) is 0. The van der Waals surface area contributed by atoms with Gasteiger partial charge in [0.2, 0.25) is 0 Å². The van der Waals surface area contributed by atoms with Crippen molar-refractivity contribution in [3.8, 4) is 22.3 Å². The van der Waals surface area contributed by atoms with E-state index < -0.39 is 0 Å². The molecule has 0 aliphatic heterocycles. The van der Waals surface area contributed by atoms with E-state index in [1.807, 2.05) is 0 Å². The Hall–Kier alpha value is -2.48. The van der Waals surface area contributed by atoms with E-state index in [0.29, 0.717) is 0 Å². The van der Waals surface area contributed by atoms with Gasteiger partial charge in [-0.2, -0.15) is 0 Å². The Morgan fingerprint density at radius 1 is 0.704 bits per heavy atom. The molecule has 0 saturated heterocycles. The lowest BCUT2D eigenvalue weighted by Gasteiger charge is -2.20. The summed E-state index contributed by atoms with van der Waals surface area (Å²) in [4.78, 5) is 0. The minimum atomic E-state index is 0.0360. The molecule has 2 heteroatoms. The normalized spacial score (nSPS) is 14.1. The Bertz CT molecular complexity index is 968.